The Morgan fingerprint density at radius 1 is 1.50 bits per heavy atom. The number of nitrogens with zero attached hydrogens (tertiary/aromatic N) is 2. The average Bonchev–Trinajstić information content (AvgIpc) is 2.17. The van der Waals surface area contributed by atoms with Crippen LogP contribution < -0.4 is 4.90 Å². The molecule has 76 valence electrons. The summed E-state index contributed by atoms with van der Waals surface area (Å²) in [6.07, 6.45) is 0. The van der Waals surface area contributed by atoms with Crippen LogP contribution in [0, 0.1) is 0 Å². The first-order valence-electron chi connectivity index (χ1n) is 4.02. The third-order valence-electron chi connectivity index (χ3n) is 1.70. The zero-order chi connectivity index (χ0) is 10.7. The van der Waals surface area contributed by atoms with Gasteiger partial charge in [-0.3, -0.25) is 0 Å². The van der Waals surface area contributed by atoms with E-state index < -0.39 is 5.97 Å². The van der Waals surface area contributed by atoms with Crippen LogP contribution in [-0.2, 0) is 4.74 Å². The summed E-state index contributed by atoms with van der Waals surface area (Å²) in [6, 6.07) is 3.02. The SMILES string of the molecule is COC(=O)c1nc(N(C)C)ccc1O. The lowest BCUT2D eigenvalue weighted by Gasteiger charge is -2.12. The van der Waals surface area contributed by atoms with Crippen molar-refractivity contribution in [3.63, 3.8) is 0 Å². The summed E-state index contributed by atoms with van der Waals surface area (Å²) < 4.78 is 4.47. The molecule has 0 bridgehead atoms. The molecule has 5 nitrogen and oxygen atoms in total. The van der Waals surface area contributed by atoms with Crippen molar-refractivity contribution in [2.24, 2.45) is 0 Å². The van der Waals surface area contributed by atoms with Crippen LogP contribution in [0.2, 0.25) is 0 Å². The van der Waals surface area contributed by atoms with Gasteiger partial charge in [0.15, 0.2) is 5.69 Å². The second-order valence-corrected chi connectivity index (χ2v) is 2.92. The van der Waals surface area contributed by atoms with E-state index in [0.29, 0.717) is 5.82 Å². The number of rotatable bonds is 2. The van der Waals surface area contributed by atoms with Crippen molar-refractivity contribution in [2.75, 3.05) is 26.1 Å². The maximum atomic E-state index is 11.1. The number of hydrogen-bond acceptors (Lipinski definition) is 5. The van der Waals surface area contributed by atoms with Crippen LogP contribution in [-0.4, -0.2) is 37.3 Å². The van der Waals surface area contributed by atoms with Crippen LogP contribution in [0.3, 0.4) is 0 Å². The summed E-state index contributed by atoms with van der Waals surface area (Å²) in [5, 5.41) is 9.34. The van der Waals surface area contributed by atoms with E-state index in [1.165, 1.54) is 13.2 Å². The Bertz CT molecular complexity index is 350. The van der Waals surface area contributed by atoms with Gasteiger partial charge in [-0.2, -0.15) is 0 Å². The Kier molecular flexibility index (Phi) is 2.91. The van der Waals surface area contributed by atoms with Gasteiger partial charge in [0.1, 0.15) is 11.6 Å². The number of aromatic hydroxyl groups is 1. The fourth-order valence-corrected chi connectivity index (χ4v) is 0.937. The molecule has 5 heteroatoms. The Balaban J connectivity index is 3.15. The fraction of sp³-hybridized carbons (Fsp3) is 0.333. The quantitative estimate of drug-likeness (QED) is 0.703. The number of ether oxygens (including phenoxy) is 1. The van der Waals surface area contributed by atoms with Crippen molar-refractivity contribution in [3.05, 3.63) is 17.8 Å². The summed E-state index contributed by atoms with van der Waals surface area (Å²) in [6.45, 7) is 0. The molecule has 0 aliphatic carbocycles. The lowest BCUT2D eigenvalue weighted by Crippen LogP contribution is -2.13. The van der Waals surface area contributed by atoms with Crippen molar-refractivity contribution in [1.29, 1.82) is 0 Å². The molecule has 0 saturated carbocycles. The first-order chi connectivity index (χ1) is 6.56. The highest BCUT2D eigenvalue weighted by Crippen LogP contribution is 2.19. The highest BCUT2D eigenvalue weighted by Gasteiger charge is 2.14. The van der Waals surface area contributed by atoms with Crippen LogP contribution in [0.4, 0.5) is 5.82 Å². The van der Waals surface area contributed by atoms with Gasteiger partial charge in [-0.25, -0.2) is 9.78 Å². The first kappa shape index (κ1) is 10.3. The van der Waals surface area contributed by atoms with Crippen molar-refractivity contribution in [2.45, 2.75) is 0 Å². The second-order valence-electron chi connectivity index (χ2n) is 2.92. The van der Waals surface area contributed by atoms with E-state index >= 15 is 0 Å². The van der Waals surface area contributed by atoms with Crippen molar-refractivity contribution in [3.8, 4) is 5.75 Å². The van der Waals surface area contributed by atoms with Gasteiger partial charge < -0.3 is 14.7 Å². The summed E-state index contributed by atoms with van der Waals surface area (Å²) >= 11 is 0. The van der Waals surface area contributed by atoms with Crippen LogP contribution in [0.5, 0.6) is 5.75 Å². The number of esters is 1. The van der Waals surface area contributed by atoms with Crippen molar-refractivity contribution >= 4 is 11.8 Å². The van der Waals surface area contributed by atoms with Crippen LogP contribution in [0.1, 0.15) is 10.5 Å². The molecule has 0 spiro atoms. The summed E-state index contributed by atoms with van der Waals surface area (Å²) in [4.78, 5) is 16.8. The third kappa shape index (κ3) is 1.93. The lowest BCUT2D eigenvalue weighted by molar-refractivity contribution is 0.0590. The van der Waals surface area contributed by atoms with Crippen LogP contribution >= 0.6 is 0 Å². The molecule has 0 unspecified atom stereocenters. The smallest absolute Gasteiger partial charge is 0.360 e. The fourth-order valence-electron chi connectivity index (χ4n) is 0.937. The standard InChI is InChI=1S/C9H12N2O3/c1-11(2)7-5-4-6(12)8(10-7)9(13)14-3/h4-5,12H,1-3H3. The highest BCUT2D eigenvalue weighted by molar-refractivity contribution is 5.90. The predicted molar refractivity (Wildman–Crippen MR) is 51.6 cm³/mol. The van der Waals surface area contributed by atoms with Gasteiger partial charge in [-0.15, -0.1) is 0 Å². The van der Waals surface area contributed by atoms with E-state index in [-0.39, 0.29) is 11.4 Å². The van der Waals surface area contributed by atoms with E-state index in [1.54, 1.807) is 25.1 Å². The molecule has 14 heavy (non-hydrogen) atoms. The van der Waals surface area contributed by atoms with E-state index in [2.05, 4.69) is 9.72 Å². The molecule has 0 atom stereocenters. The highest BCUT2D eigenvalue weighted by atomic mass is 16.5. The Hall–Kier alpha value is -1.78. The number of carbonyl (C=O) groups excluding carboxylic acids is 1. The molecule has 0 aliphatic heterocycles. The monoisotopic (exact) mass is 196 g/mol. The molecule has 0 aromatic carbocycles. The Morgan fingerprint density at radius 3 is 2.64 bits per heavy atom. The number of aromatic nitrogens is 1. The van der Waals surface area contributed by atoms with E-state index in [4.69, 9.17) is 0 Å². The van der Waals surface area contributed by atoms with Gasteiger partial charge in [0.2, 0.25) is 0 Å². The minimum atomic E-state index is -0.647. The summed E-state index contributed by atoms with van der Waals surface area (Å²) in [7, 11) is 4.83. The topological polar surface area (TPSA) is 62.7 Å². The normalized spacial score (nSPS) is 9.64. The molecule has 0 fully saturated rings. The molecule has 0 amide bonds. The van der Waals surface area contributed by atoms with Crippen LogP contribution in [0.25, 0.3) is 0 Å². The zero-order valence-corrected chi connectivity index (χ0v) is 8.31. The van der Waals surface area contributed by atoms with Crippen molar-refractivity contribution < 1.29 is 14.6 Å². The number of anilines is 1. The van der Waals surface area contributed by atoms with Gasteiger partial charge in [-0.1, -0.05) is 0 Å². The minimum Gasteiger partial charge on any atom is -0.505 e. The minimum absolute atomic E-state index is 0.0706. The molecular formula is C9H12N2O3. The molecule has 1 aromatic rings. The first-order valence-corrected chi connectivity index (χ1v) is 4.02. The Labute approximate surface area is 81.9 Å². The molecule has 0 radical (unpaired) electrons. The molecule has 1 heterocycles. The predicted octanol–water partition coefficient (Wildman–Crippen LogP) is 0.640. The maximum Gasteiger partial charge on any atom is 0.360 e. The average molecular weight is 196 g/mol. The molecule has 1 rings (SSSR count). The van der Waals surface area contributed by atoms with Gasteiger partial charge in [-0.05, 0) is 12.1 Å². The summed E-state index contributed by atoms with van der Waals surface area (Å²) in [5.74, 6) is -0.239. The number of hydrogen-bond donors (Lipinski definition) is 1. The lowest BCUT2D eigenvalue weighted by atomic mass is 10.3. The van der Waals surface area contributed by atoms with E-state index in [1.807, 2.05) is 0 Å². The maximum absolute atomic E-state index is 11.1. The number of pyridine rings is 1. The second kappa shape index (κ2) is 3.95. The third-order valence-corrected chi connectivity index (χ3v) is 1.70. The van der Waals surface area contributed by atoms with Gasteiger partial charge in [0.25, 0.3) is 0 Å². The van der Waals surface area contributed by atoms with Gasteiger partial charge in [0, 0.05) is 14.1 Å². The van der Waals surface area contributed by atoms with Crippen molar-refractivity contribution in [1.82, 2.24) is 4.98 Å². The van der Waals surface area contributed by atoms with E-state index in [0.717, 1.165) is 0 Å². The van der Waals surface area contributed by atoms with Crippen LogP contribution in [0.15, 0.2) is 12.1 Å². The molecule has 1 aromatic heterocycles. The molecule has 0 saturated heterocycles. The zero-order valence-electron chi connectivity index (χ0n) is 8.31. The Morgan fingerprint density at radius 2 is 2.14 bits per heavy atom. The number of methoxy groups -OCH3 is 1. The molecular weight excluding hydrogens is 184 g/mol. The van der Waals surface area contributed by atoms with E-state index in [9.17, 15) is 9.90 Å². The molecule has 0 aliphatic rings. The van der Waals surface area contributed by atoms with Gasteiger partial charge in [0.05, 0.1) is 7.11 Å². The largest absolute Gasteiger partial charge is 0.505 e. The number of carbonyl (C=O) groups is 1. The molecule has 1 N–H and O–H groups in total. The summed E-state index contributed by atoms with van der Waals surface area (Å²) in [5.41, 5.74) is -0.0706. The van der Waals surface area contributed by atoms with Gasteiger partial charge >= 0.3 is 5.97 Å².